The molecule has 0 saturated carbocycles. The molecule has 1 spiro atoms. The first-order valence-corrected chi connectivity index (χ1v) is 10.4. The Morgan fingerprint density at radius 1 is 1.38 bits per heavy atom. The van der Waals surface area contributed by atoms with Crippen LogP contribution in [-0.4, -0.2) is 76.1 Å². The summed E-state index contributed by atoms with van der Waals surface area (Å²) in [5.41, 5.74) is 7.18. The van der Waals surface area contributed by atoms with Gasteiger partial charge in [-0.2, -0.15) is 0 Å². The van der Waals surface area contributed by atoms with Gasteiger partial charge < -0.3 is 24.8 Å². The molecule has 8 nitrogen and oxygen atoms in total. The Hall–Kier alpha value is -2.45. The van der Waals surface area contributed by atoms with E-state index < -0.39 is 5.60 Å². The summed E-state index contributed by atoms with van der Waals surface area (Å²) in [5, 5.41) is 0. The monoisotopic (exact) mass is 397 g/mol. The first kappa shape index (κ1) is 18.6. The summed E-state index contributed by atoms with van der Waals surface area (Å²) in [6.07, 6.45) is 3.36. The molecule has 2 amide bonds. The lowest BCUT2D eigenvalue weighted by molar-refractivity contribution is -0.143. The Bertz CT molecular complexity index is 959. The van der Waals surface area contributed by atoms with E-state index in [0.717, 1.165) is 23.9 Å². The zero-order valence-corrected chi connectivity index (χ0v) is 16.7. The van der Waals surface area contributed by atoms with E-state index in [2.05, 4.69) is 9.55 Å². The predicted molar refractivity (Wildman–Crippen MR) is 107 cm³/mol. The van der Waals surface area contributed by atoms with Gasteiger partial charge in [-0.05, 0) is 25.0 Å². The molecular formula is C21H27N5O3. The quantitative estimate of drug-likeness (QED) is 0.764. The van der Waals surface area contributed by atoms with Crippen LogP contribution in [0.3, 0.4) is 0 Å². The molecule has 3 aliphatic heterocycles. The van der Waals surface area contributed by atoms with Crippen molar-refractivity contribution in [1.82, 2.24) is 19.4 Å². The molecule has 2 N–H and O–H groups in total. The van der Waals surface area contributed by atoms with Crippen LogP contribution in [-0.2, 0) is 20.9 Å². The molecule has 2 bridgehead atoms. The van der Waals surface area contributed by atoms with Crippen molar-refractivity contribution < 1.29 is 14.3 Å². The molecule has 0 radical (unpaired) electrons. The Balaban J connectivity index is 1.30. The van der Waals surface area contributed by atoms with Gasteiger partial charge in [0.1, 0.15) is 0 Å². The van der Waals surface area contributed by atoms with E-state index >= 15 is 0 Å². The van der Waals surface area contributed by atoms with Crippen molar-refractivity contribution in [3.8, 4) is 0 Å². The standard InChI is InChI=1S/C21H27N5O3/c1-24(10-11-26-13-23-14-4-2-3-5-15(14)26)19(27)17-16-6-7-21(29-16)12-25(9-8-22)20(28)18(17)21/h2-5,13,16-18H,6-12,22H2,1H3/t16-,17-,18+,21-/m0/s1. The lowest BCUT2D eigenvalue weighted by Gasteiger charge is -2.30. The van der Waals surface area contributed by atoms with E-state index in [1.165, 1.54) is 0 Å². The number of hydrogen-bond acceptors (Lipinski definition) is 5. The Kier molecular flexibility index (Phi) is 4.36. The maximum atomic E-state index is 13.3. The molecular weight excluding hydrogens is 370 g/mol. The third-order valence-electron chi connectivity index (χ3n) is 6.86. The van der Waals surface area contributed by atoms with Gasteiger partial charge in [0.25, 0.3) is 0 Å². The van der Waals surface area contributed by atoms with E-state index in [1.54, 1.807) is 9.80 Å². The largest absolute Gasteiger partial charge is 0.368 e. The van der Waals surface area contributed by atoms with Crippen molar-refractivity contribution >= 4 is 22.8 Å². The van der Waals surface area contributed by atoms with E-state index in [1.807, 2.05) is 37.6 Å². The van der Waals surface area contributed by atoms with Gasteiger partial charge in [0, 0.05) is 33.2 Å². The van der Waals surface area contributed by atoms with Gasteiger partial charge in [0.05, 0.1) is 47.4 Å². The number of hydrogen-bond donors (Lipinski definition) is 1. The number of likely N-dealkylation sites (N-methyl/N-ethyl adjacent to an activating group) is 1. The van der Waals surface area contributed by atoms with Gasteiger partial charge in [0.15, 0.2) is 0 Å². The van der Waals surface area contributed by atoms with E-state index in [4.69, 9.17) is 10.5 Å². The summed E-state index contributed by atoms with van der Waals surface area (Å²) >= 11 is 0. The number of fused-ring (bicyclic) bond motifs is 2. The van der Waals surface area contributed by atoms with Gasteiger partial charge in [-0.15, -0.1) is 0 Å². The topological polar surface area (TPSA) is 93.7 Å². The Labute approximate surface area is 169 Å². The highest BCUT2D eigenvalue weighted by Gasteiger charge is 2.68. The second kappa shape index (κ2) is 6.81. The molecule has 29 heavy (non-hydrogen) atoms. The molecule has 3 saturated heterocycles. The van der Waals surface area contributed by atoms with Gasteiger partial charge in [-0.1, -0.05) is 12.1 Å². The third kappa shape index (κ3) is 2.77. The van der Waals surface area contributed by atoms with Crippen LogP contribution in [0.4, 0.5) is 0 Å². The minimum Gasteiger partial charge on any atom is -0.368 e. The number of para-hydroxylation sites is 2. The van der Waals surface area contributed by atoms with Crippen LogP contribution in [0.15, 0.2) is 30.6 Å². The van der Waals surface area contributed by atoms with Crippen LogP contribution in [0.5, 0.6) is 0 Å². The van der Waals surface area contributed by atoms with Crippen molar-refractivity contribution in [2.45, 2.75) is 31.1 Å². The summed E-state index contributed by atoms with van der Waals surface area (Å²) < 4.78 is 8.31. The van der Waals surface area contributed by atoms with Crippen molar-refractivity contribution in [1.29, 1.82) is 0 Å². The number of benzene rings is 1. The maximum absolute atomic E-state index is 13.3. The molecule has 0 aliphatic carbocycles. The number of nitrogens with two attached hydrogens (primary N) is 1. The second-order valence-electron chi connectivity index (χ2n) is 8.50. The third-order valence-corrected chi connectivity index (χ3v) is 6.86. The number of aromatic nitrogens is 2. The normalized spacial score (nSPS) is 30.3. The molecule has 3 fully saturated rings. The minimum absolute atomic E-state index is 0.00828. The van der Waals surface area contributed by atoms with E-state index in [-0.39, 0.29) is 29.8 Å². The van der Waals surface area contributed by atoms with Gasteiger partial charge >= 0.3 is 0 Å². The van der Waals surface area contributed by atoms with Gasteiger partial charge in [0.2, 0.25) is 11.8 Å². The molecule has 4 atom stereocenters. The fraction of sp³-hybridized carbons (Fsp3) is 0.571. The highest BCUT2D eigenvalue weighted by Crippen LogP contribution is 2.55. The number of nitrogens with zero attached hydrogens (tertiary/aromatic N) is 4. The zero-order chi connectivity index (χ0) is 20.2. The first-order chi connectivity index (χ1) is 14.0. The summed E-state index contributed by atoms with van der Waals surface area (Å²) in [5.74, 6) is -0.709. The average molecular weight is 397 g/mol. The van der Waals surface area contributed by atoms with Gasteiger partial charge in [-0.3, -0.25) is 9.59 Å². The number of amides is 2. The minimum atomic E-state index is -0.487. The summed E-state index contributed by atoms with van der Waals surface area (Å²) in [4.78, 5) is 34.3. The van der Waals surface area contributed by atoms with Crippen molar-refractivity contribution in [2.24, 2.45) is 17.6 Å². The number of carbonyl (C=O) groups is 2. The number of carbonyl (C=O) groups excluding carboxylic acids is 2. The smallest absolute Gasteiger partial charge is 0.229 e. The zero-order valence-electron chi connectivity index (χ0n) is 16.7. The summed E-state index contributed by atoms with van der Waals surface area (Å²) in [6, 6.07) is 7.96. The van der Waals surface area contributed by atoms with Crippen molar-refractivity contribution in [3.05, 3.63) is 30.6 Å². The number of likely N-dealkylation sites (tertiary alicyclic amines) is 1. The van der Waals surface area contributed by atoms with E-state index in [9.17, 15) is 9.59 Å². The molecule has 5 rings (SSSR count). The fourth-order valence-electron chi connectivity index (χ4n) is 5.48. The first-order valence-electron chi connectivity index (χ1n) is 10.4. The maximum Gasteiger partial charge on any atom is 0.229 e. The van der Waals surface area contributed by atoms with Crippen LogP contribution >= 0.6 is 0 Å². The van der Waals surface area contributed by atoms with Crippen LogP contribution in [0.2, 0.25) is 0 Å². The van der Waals surface area contributed by atoms with Crippen molar-refractivity contribution in [2.75, 3.05) is 33.2 Å². The Morgan fingerprint density at radius 2 is 2.21 bits per heavy atom. The molecule has 3 aliphatic rings. The van der Waals surface area contributed by atoms with Crippen molar-refractivity contribution in [3.63, 3.8) is 0 Å². The highest BCUT2D eigenvalue weighted by molar-refractivity contribution is 5.92. The van der Waals surface area contributed by atoms with Crippen LogP contribution in [0.25, 0.3) is 11.0 Å². The van der Waals surface area contributed by atoms with Crippen LogP contribution in [0, 0.1) is 11.8 Å². The molecule has 4 heterocycles. The lowest BCUT2D eigenvalue weighted by Crippen LogP contribution is -2.46. The highest BCUT2D eigenvalue weighted by atomic mass is 16.5. The molecule has 8 heteroatoms. The summed E-state index contributed by atoms with van der Waals surface area (Å²) in [6.45, 7) is 2.73. The van der Waals surface area contributed by atoms with E-state index in [0.29, 0.717) is 32.7 Å². The molecule has 0 unspecified atom stereocenters. The second-order valence-corrected chi connectivity index (χ2v) is 8.50. The number of ether oxygens (including phenoxy) is 1. The molecule has 154 valence electrons. The molecule has 2 aromatic rings. The molecule has 1 aromatic heterocycles. The predicted octanol–water partition coefficient (Wildman–Crippen LogP) is 0.459. The fourth-order valence-corrected chi connectivity index (χ4v) is 5.48. The average Bonchev–Trinajstić information content (AvgIpc) is 3.46. The number of imidazole rings is 1. The number of rotatable bonds is 6. The summed E-state index contributed by atoms with van der Waals surface area (Å²) in [7, 11) is 1.82. The van der Waals surface area contributed by atoms with Crippen LogP contribution < -0.4 is 5.73 Å². The SMILES string of the molecule is CN(CCn1cnc2ccccc21)C(=O)[C@H]1[C@@H]2CC[C@@]3(CN(CCN)C(=O)[C@@H]13)O2. The van der Waals surface area contributed by atoms with Gasteiger partial charge in [-0.25, -0.2) is 4.98 Å². The van der Waals surface area contributed by atoms with Crippen LogP contribution in [0.1, 0.15) is 12.8 Å². The Morgan fingerprint density at radius 3 is 3.03 bits per heavy atom. The molecule has 1 aromatic carbocycles. The lowest BCUT2D eigenvalue weighted by atomic mass is 9.72.